The Kier molecular flexibility index (Phi) is 5.01. The number of aromatic nitrogens is 1. The van der Waals surface area contributed by atoms with E-state index >= 15 is 0 Å². The molecule has 0 bridgehead atoms. The minimum Gasteiger partial charge on any atom is -0.339 e. The van der Waals surface area contributed by atoms with Gasteiger partial charge in [0.05, 0.1) is 5.03 Å². The van der Waals surface area contributed by atoms with Gasteiger partial charge in [0.1, 0.15) is 5.69 Å². The van der Waals surface area contributed by atoms with Gasteiger partial charge in [-0.05, 0) is 32.4 Å². The molecule has 3 nitrogen and oxygen atoms in total. The number of pyridine rings is 1. The number of thioether (sulfide) groups is 1. The zero-order valence-corrected chi connectivity index (χ0v) is 13.0. The predicted molar refractivity (Wildman–Crippen MR) is 84.2 cm³/mol. The van der Waals surface area contributed by atoms with Gasteiger partial charge in [-0.15, -0.1) is 0 Å². The molecular weight excluding hydrogens is 268 g/mol. The molecule has 0 saturated carbocycles. The molecule has 0 aromatic carbocycles. The smallest absolute Gasteiger partial charge is 0.206 e. The third-order valence-electron chi connectivity index (χ3n) is 3.35. The van der Waals surface area contributed by atoms with Crippen molar-refractivity contribution >= 4 is 17.5 Å². The highest BCUT2D eigenvalue weighted by atomic mass is 32.2. The summed E-state index contributed by atoms with van der Waals surface area (Å²) in [6, 6.07) is 5.41. The quantitative estimate of drug-likeness (QED) is 0.600. The summed E-state index contributed by atoms with van der Waals surface area (Å²) in [6.45, 7) is 7.36. The fraction of sp³-hybridized carbons (Fsp3) is 0.375. The highest BCUT2D eigenvalue weighted by Crippen LogP contribution is 2.40. The van der Waals surface area contributed by atoms with Crippen molar-refractivity contribution in [2.24, 2.45) is 0 Å². The monoisotopic (exact) mass is 288 g/mol. The molecule has 20 heavy (non-hydrogen) atoms. The first-order valence-corrected chi connectivity index (χ1v) is 7.75. The molecule has 0 fully saturated rings. The molecule has 1 aromatic rings. The third-order valence-corrected chi connectivity index (χ3v) is 4.49. The number of hydrogen-bond acceptors (Lipinski definition) is 4. The summed E-state index contributed by atoms with van der Waals surface area (Å²) in [5.41, 5.74) is 1.75. The molecule has 1 aliphatic rings. The first-order chi connectivity index (χ1) is 9.63. The summed E-state index contributed by atoms with van der Waals surface area (Å²) < 4.78 is 0. The Morgan fingerprint density at radius 3 is 2.85 bits per heavy atom. The van der Waals surface area contributed by atoms with E-state index in [4.69, 9.17) is 0 Å². The van der Waals surface area contributed by atoms with E-state index in [0.717, 1.165) is 24.4 Å². The number of nitrogens with zero attached hydrogens (tertiary/aromatic N) is 2. The van der Waals surface area contributed by atoms with Crippen molar-refractivity contribution in [1.29, 1.82) is 0 Å². The average molecular weight is 288 g/mol. The Morgan fingerprint density at radius 2 is 2.20 bits per heavy atom. The summed E-state index contributed by atoms with van der Waals surface area (Å²) in [6.07, 6.45) is 5.63. The highest BCUT2D eigenvalue weighted by Gasteiger charge is 2.23. The maximum atomic E-state index is 12.2. The maximum Gasteiger partial charge on any atom is 0.206 e. The molecule has 0 saturated heterocycles. The van der Waals surface area contributed by atoms with Crippen LogP contribution in [-0.2, 0) is 0 Å². The lowest BCUT2D eigenvalue weighted by Gasteiger charge is -2.20. The molecule has 1 aliphatic heterocycles. The second-order valence-electron chi connectivity index (χ2n) is 4.81. The molecule has 2 rings (SSSR count). The van der Waals surface area contributed by atoms with Gasteiger partial charge in [0.2, 0.25) is 5.78 Å². The van der Waals surface area contributed by atoms with Gasteiger partial charge in [0, 0.05) is 29.4 Å². The second kappa shape index (κ2) is 6.75. The minimum absolute atomic E-state index is 0.0305. The van der Waals surface area contributed by atoms with Gasteiger partial charge in [0.15, 0.2) is 0 Å². The summed E-state index contributed by atoms with van der Waals surface area (Å²) in [5, 5.41) is 1.02. The molecule has 0 N–H and O–H groups in total. The van der Waals surface area contributed by atoms with Gasteiger partial charge in [-0.1, -0.05) is 31.2 Å². The van der Waals surface area contributed by atoms with Crippen molar-refractivity contribution in [3.63, 3.8) is 0 Å². The zero-order valence-electron chi connectivity index (χ0n) is 12.2. The van der Waals surface area contributed by atoms with E-state index in [-0.39, 0.29) is 5.78 Å². The maximum absolute atomic E-state index is 12.2. The van der Waals surface area contributed by atoms with Crippen LogP contribution in [0.5, 0.6) is 0 Å². The molecule has 2 heterocycles. The van der Waals surface area contributed by atoms with E-state index in [1.165, 1.54) is 10.6 Å². The highest BCUT2D eigenvalue weighted by molar-refractivity contribution is 8.06. The van der Waals surface area contributed by atoms with Crippen molar-refractivity contribution in [3.8, 4) is 0 Å². The van der Waals surface area contributed by atoms with Gasteiger partial charge >= 0.3 is 0 Å². The lowest BCUT2D eigenvalue weighted by atomic mass is 10.2. The fourth-order valence-corrected chi connectivity index (χ4v) is 3.11. The summed E-state index contributed by atoms with van der Waals surface area (Å²) >= 11 is 1.67. The Hall–Kier alpha value is -1.55. The molecule has 0 spiro atoms. The number of unbranched alkanes of at least 4 members (excludes halogenated alkanes) is 1. The van der Waals surface area contributed by atoms with Crippen LogP contribution in [0.2, 0.25) is 0 Å². The number of allylic oxidation sites excluding steroid dienone is 3. The Labute approximate surface area is 124 Å². The van der Waals surface area contributed by atoms with Crippen LogP contribution in [0.25, 0.3) is 0 Å². The molecule has 0 radical (unpaired) electrons. The molecule has 4 heteroatoms. The van der Waals surface area contributed by atoms with Gasteiger partial charge in [-0.25, -0.2) is 0 Å². The van der Waals surface area contributed by atoms with Crippen LogP contribution in [0.15, 0.2) is 46.1 Å². The number of carbonyl (C=O) groups excluding carboxylic acids is 1. The van der Waals surface area contributed by atoms with E-state index in [1.807, 2.05) is 12.1 Å². The van der Waals surface area contributed by atoms with E-state index in [9.17, 15) is 4.79 Å². The number of carbonyl (C=O) groups is 1. The molecule has 1 aromatic heterocycles. The minimum atomic E-state index is -0.0305. The lowest BCUT2D eigenvalue weighted by molar-refractivity contribution is 0.104. The fourth-order valence-electron chi connectivity index (χ4n) is 2.04. The van der Waals surface area contributed by atoms with Crippen LogP contribution >= 0.6 is 11.8 Å². The number of rotatable bonds is 5. The van der Waals surface area contributed by atoms with E-state index in [2.05, 4.69) is 30.7 Å². The SMILES string of the molecule is CCCCN1C(C)=C(C)S/C1=C\C(=O)c1ccccn1. The van der Waals surface area contributed by atoms with Gasteiger partial charge in [-0.3, -0.25) is 9.78 Å². The van der Waals surface area contributed by atoms with Crippen LogP contribution in [0.1, 0.15) is 44.1 Å². The van der Waals surface area contributed by atoms with E-state index in [0.29, 0.717) is 5.69 Å². The van der Waals surface area contributed by atoms with Crippen LogP contribution in [0, 0.1) is 0 Å². The van der Waals surface area contributed by atoms with Crippen molar-refractivity contribution in [2.45, 2.75) is 33.6 Å². The van der Waals surface area contributed by atoms with Crippen LogP contribution in [0.4, 0.5) is 0 Å². The van der Waals surface area contributed by atoms with Crippen molar-refractivity contribution in [2.75, 3.05) is 6.54 Å². The van der Waals surface area contributed by atoms with Crippen LogP contribution in [0.3, 0.4) is 0 Å². The van der Waals surface area contributed by atoms with Gasteiger partial charge in [0.25, 0.3) is 0 Å². The Balaban J connectivity index is 2.19. The summed E-state index contributed by atoms with van der Waals surface area (Å²) in [4.78, 5) is 19.9. The first kappa shape index (κ1) is 14.9. The molecule has 0 aliphatic carbocycles. The van der Waals surface area contributed by atoms with E-state index < -0.39 is 0 Å². The second-order valence-corrected chi connectivity index (χ2v) is 6.05. The molecule has 0 unspecified atom stereocenters. The Morgan fingerprint density at radius 1 is 1.40 bits per heavy atom. The van der Waals surface area contributed by atoms with Gasteiger partial charge in [-0.2, -0.15) is 0 Å². The van der Waals surface area contributed by atoms with E-state index in [1.54, 1.807) is 30.1 Å². The molecular formula is C16H20N2OS. The Bertz CT molecular complexity index is 549. The topological polar surface area (TPSA) is 33.2 Å². The standard InChI is InChI=1S/C16H20N2OS/c1-4-5-10-18-12(2)13(3)20-16(18)11-15(19)14-8-6-7-9-17-14/h6-9,11H,4-5,10H2,1-3H3/b16-11-. The van der Waals surface area contributed by atoms with Crippen molar-refractivity contribution in [3.05, 3.63) is 51.8 Å². The largest absolute Gasteiger partial charge is 0.339 e. The predicted octanol–water partition coefficient (Wildman–Crippen LogP) is 4.21. The van der Waals surface area contributed by atoms with Gasteiger partial charge < -0.3 is 4.90 Å². The molecule has 0 atom stereocenters. The molecule has 106 valence electrons. The lowest BCUT2D eigenvalue weighted by Crippen LogP contribution is -2.18. The average Bonchev–Trinajstić information content (AvgIpc) is 2.72. The normalized spacial score (nSPS) is 17.1. The summed E-state index contributed by atoms with van der Waals surface area (Å²) in [7, 11) is 0. The number of ketones is 1. The zero-order chi connectivity index (χ0) is 14.5. The van der Waals surface area contributed by atoms with Crippen molar-refractivity contribution in [1.82, 2.24) is 9.88 Å². The molecule has 0 amide bonds. The summed E-state index contributed by atoms with van der Waals surface area (Å²) in [5.74, 6) is -0.0305. The van der Waals surface area contributed by atoms with Crippen LogP contribution in [-0.4, -0.2) is 22.2 Å². The van der Waals surface area contributed by atoms with Crippen molar-refractivity contribution < 1.29 is 4.79 Å². The first-order valence-electron chi connectivity index (χ1n) is 6.93. The number of hydrogen-bond donors (Lipinski definition) is 0. The third kappa shape index (κ3) is 3.31. The van der Waals surface area contributed by atoms with Crippen LogP contribution < -0.4 is 0 Å².